The molecule has 1 saturated carbocycles. The van der Waals surface area contributed by atoms with E-state index in [1.54, 1.807) is 0 Å². The van der Waals surface area contributed by atoms with Crippen LogP contribution in [-0.4, -0.2) is 0 Å². The van der Waals surface area contributed by atoms with E-state index in [2.05, 4.69) is 13.5 Å². The molecule has 0 amide bonds. The van der Waals surface area contributed by atoms with Crippen molar-refractivity contribution in [3.05, 3.63) is 12.2 Å². The zero-order valence-electron chi connectivity index (χ0n) is 6.32. The van der Waals surface area contributed by atoms with Crippen LogP contribution in [0.5, 0.6) is 0 Å². The van der Waals surface area contributed by atoms with Gasteiger partial charge >= 0.3 is 0 Å². The molecule has 0 atom stereocenters. The summed E-state index contributed by atoms with van der Waals surface area (Å²) < 4.78 is 0. The van der Waals surface area contributed by atoms with Crippen molar-refractivity contribution >= 4 is 0 Å². The van der Waals surface area contributed by atoms with Crippen LogP contribution in [0.2, 0.25) is 0 Å². The van der Waals surface area contributed by atoms with Crippen molar-refractivity contribution in [2.45, 2.75) is 39.0 Å². The molecule has 1 aliphatic rings. The number of hydrogen-bond donors (Lipinski definition) is 0. The average Bonchev–Trinajstić information content (AvgIpc) is 1.90. The second-order valence-corrected chi connectivity index (χ2v) is 3.18. The summed E-state index contributed by atoms with van der Waals surface area (Å²) >= 11 is 0. The van der Waals surface area contributed by atoms with Crippen LogP contribution in [-0.2, 0) is 0 Å². The third-order valence-electron chi connectivity index (χ3n) is 2.30. The summed E-state index contributed by atoms with van der Waals surface area (Å²) in [5.41, 5.74) is 1.40. The van der Waals surface area contributed by atoms with Crippen LogP contribution in [0.4, 0.5) is 0 Å². The van der Waals surface area contributed by atoms with E-state index in [0.717, 1.165) is 5.92 Å². The summed E-state index contributed by atoms with van der Waals surface area (Å²) in [5, 5.41) is 0. The lowest BCUT2D eigenvalue weighted by Crippen LogP contribution is -2.05. The minimum Gasteiger partial charge on any atom is -0.0999 e. The van der Waals surface area contributed by atoms with Crippen molar-refractivity contribution in [3.8, 4) is 0 Å². The molecule has 0 heterocycles. The van der Waals surface area contributed by atoms with Crippen LogP contribution < -0.4 is 0 Å². The summed E-state index contributed by atoms with van der Waals surface area (Å²) in [5.74, 6) is 0.860. The van der Waals surface area contributed by atoms with Crippen LogP contribution in [0.1, 0.15) is 39.0 Å². The predicted octanol–water partition coefficient (Wildman–Crippen LogP) is 3.14. The van der Waals surface area contributed by atoms with Crippen molar-refractivity contribution in [2.24, 2.45) is 5.92 Å². The van der Waals surface area contributed by atoms with E-state index in [1.165, 1.54) is 37.7 Å². The van der Waals surface area contributed by atoms with Gasteiger partial charge in [0.15, 0.2) is 0 Å². The van der Waals surface area contributed by atoms with Gasteiger partial charge in [-0.25, -0.2) is 0 Å². The first-order valence-corrected chi connectivity index (χ1v) is 3.96. The van der Waals surface area contributed by atoms with Gasteiger partial charge in [-0.1, -0.05) is 31.4 Å². The van der Waals surface area contributed by atoms with E-state index in [9.17, 15) is 0 Å². The standard InChI is InChI=1S/C9H16/c1-8(2)9-6-4-3-5-7-9/h9H,1,3-7H2,2H3. The second-order valence-electron chi connectivity index (χ2n) is 3.18. The van der Waals surface area contributed by atoms with Gasteiger partial charge in [0.25, 0.3) is 0 Å². The lowest BCUT2D eigenvalue weighted by atomic mass is 9.85. The zero-order valence-corrected chi connectivity index (χ0v) is 6.32. The molecule has 0 heteroatoms. The molecule has 0 aliphatic heterocycles. The maximum atomic E-state index is 3.98. The quantitative estimate of drug-likeness (QED) is 0.471. The molecular formula is C9H16. The summed E-state index contributed by atoms with van der Waals surface area (Å²) in [6.45, 7) is 6.14. The van der Waals surface area contributed by atoms with Gasteiger partial charge in [-0.3, -0.25) is 0 Å². The number of allylic oxidation sites excluding steroid dienone is 1. The maximum absolute atomic E-state index is 3.98. The van der Waals surface area contributed by atoms with Gasteiger partial charge < -0.3 is 0 Å². The Bertz CT molecular complexity index is 96.6. The first-order chi connectivity index (χ1) is 4.30. The highest BCUT2D eigenvalue weighted by atomic mass is 14.2. The normalized spacial score (nSPS) is 21.9. The van der Waals surface area contributed by atoms with Gasteiger partial charge in [0.1, 0.15) is 0 Å². The SMILES string of the molecule is C=C(C)C1CCCCC1. The van der Waals surface area contributed by atoms with Crippen molar-refractivity contribution in [2.75, 3.05) is 0 Å². The van der Waals surface area contributed by atoms with Gasteiger partial charge in [0.2, 0.25) is 0 Å². The Morgan fingerprint density at radius 2 is 1.78 bits per heavy atom. The highest BCUT2D eigenvalue weighted by Gasteiger charge is 2.12. The van der Waals surface area contributed by atoms with E-state index in [-0.39, 0.29) is 0 Å². The van der Waals surface area contributed by atoms with E-state index < -0.39 is 0 Å². The molecule has 0 bridgehead atoms. The Morgan fingerprint density at radius 3 is 2.11 bits per heavy atom. The molecular weight excluding hydrogens is 108 g/mol. The molecule has 0 aromatic rings. The van der Waals surface area contributed by atoms with Gasteiger partial charge in [-0.2, -0.15) is 0 Å². The van der Waals surface area contributed by atoms with Crippen molar-refractivity contribution in [1.82, 2.24) is 0 Å². The monoisotopic (exact) mass is 124 g/mol. The van der Waals surface area contributed by atoms with Crippen LogP contribution in [0.3, 0.4) is 0 Å². The first-order valence-electron chi connectivity index (χ1n) is 3.96. The van der Waals surface area contributed by atoms with Crippen LogP contribution in [0.25, 0.3) is 0 Å². The van der Waals surface area contributed by atoms with Gasteiger partial charge in [0.05, 0.1) is 0 Å². The molecule has 0 radical (unpaired) electrons. The summed E-state index contributed by atoms with van der Waals surface area (Å²) in [7, 11) is 0. The summed E-state index contributed by atoms with van der Waals surface area (Å²) in [4.78, 5) is 0. The third kappa shape index (κ3) is 1.85. The Labute approximate surface area is 58.0 Å². The average molecular weight is 124 g/mol. The molecule has 0 N–H and O–H groups in total. The minimum absolute atomic E-state index is 0.860. The highest BCUT2D eigenvalue weighted by Crippen LogP contribution is 2.27. The van der Waals surface area contributed by atoms with Gasteiger partial charge in [-0.15, -0.1) is 0 Å². The Kier molecular flexibility index (Phi) is 2.32. The molecule has 52 valence electrons. The predicted molar refractivity (Wildman–Crippen MR) is 41.4 cm³/mol. The van der Waals surface area contributed by atoms with Crippen molar-refractivity contribution in [1.29, 1.82) is 0 Å². The molecule has 0 unspecified atom stereocenters. The van der Waals surface area contributed by atoms with Crippen LogP contribution in [0.15, 0.2) is 12.2 Å². The molecule has 1 rings (SSSR count). The Hall–Kier alpha value is -0.260. The Morgan fingerprint density at radius 1 is 1.22 bits per heavy atom. The second kappa shape index (κ2) is 3.05. The van der Waals surface area contributed by atoms with E-state index >= 15 is 0 Å². The molecule has 0 aromatic heterocycles. The molecule has 9 heavy (non-hydrogen) atoms. The first kappa shape index (κ1) is 6.85. The van der Waals surface area contributed by atoms with Crippen LogP contribution >= 0.6 is 0 Å². The topological polar surface area (TPSA) is 0 Å². The molecule has 0 nitrogen and oxygen atoms in total. The summed E-state index contributed by atoms with van der Waals surface area (Å²) in [6.07, 6.45) is 7.10. The summed E-state index contributed by atoms with van der Waals surface area (Å²) in [6, 6.07) is 0. The molecule has 1 aliphatic carbocycles. The van der Waals surface area contributed by atoms with E-state index in [1.807, 2.05) is 0 Å². The lowest BCUT2D eigenvalue weighted by Gasteiger charge is -2.21. The van der Waals surface area contributed by atoms with Crippen molar-refractivity contribution in [3.63, 3.8) is 0 Å². The largest absolute Gasteiger partial charge is 0.0999 e. The maximum Gasteiger partial charge on any atom is -0.0209 e. The fourth-order valence-electron chi connectivity index (χ4n) is 1.60. The fraction of sp³-hybridized carbons (Fsp3) is 0.778. The third-order valence-corrected chi connectivity index (χ3v) is 2.30. The number of hydrogen-bond acceptors (Lipinski definition) is 0. The molecule has 0 saturated heterocycles. The molecule has 0 spiro atoms. The fourth-order valence-corrected chi connectivity index (χ4v) is 1.60. The van der Waals surface area contributed by atoms with Crippen molar-refractivity contribution < 1.29 is 0 Å². The zero-order chi connectivity index (χ0) is 6.69. The highest BCUT2D eigenvalue weighted by molar-refractivity contribution is 4.96. The van der Waals surface area contributed by atoms with Crippen LogP contribution in [0, 0.1) is 5.92 Å². The van der Waals surface area contributed by atoms with Gasteiger partial charge in [0, 0.05) is 0 Å². The van der Waals surface area contributed by atoms with E-state index in [0.29, 0.717) is 0 Å². The molecule has 1 fully saturated rings. The smallest absolute Gasteiger partial charge is 0.0209 e. The Balaban J connectivity index is 2.31. The van der Waals surface area contributed by atoms with E-state index in [4.69, 9.17) is 0 Å². The van der Waals surface area contributed by atoms with Gasteiger partial charge in [-0.05, 0) is 25.7 Å². The number of rotatable bonds is 1. The molecule has 0 aromatic carbocycles. The lowest BCUT2D eigenvalue weighted by molar-refractivity contribution is 0.404. The minimum atomic E-state index is 0.860.